The maximum Gasteiger partial charge on any atom is 0.224 e. The lowest BCUT2D eigenvalue weighted by molar-refractivity contribution is -0.120. The zero-order chi connectivity index (χ0) is 15.1. The first-order chi connectivity index (χ1) is 10.2. The van der Waals surface area contributed by atoms with Crippen LogP contribution >= 0.6 is 12.4 Å². The third kappa shape index (κ3) is 5.51. The van der Waals surface area contributed by atoms with Crippen LogP contribution < -0.4 is 10.6 Å². The van der Waals surface area contributed by atoms with Crippen LogP contribution in [0, 0.1) is 0 Å². The van der Waals surface area contributed by atoms with Gasteiger partial charge in [-0.1, -0.05) is 54.6 Å². The number of carbonyl (C=O) groups is 1. The lowest BCUT2D eigenvalue weighted by Crippen LogP contribution is -2.37. The zero-order valence-electron chi connectivity index (χ0n) is 13.0. The van der Waals surface area contributed by atoms with Gasteiger partial charge in [-0.3, -0.25) is 4.79 Å². The summed E-state index contributed by atoms with van der Waals surface area (Å²) in [5, 5.41) is 6.02. The van der Waals surface area contributed by atoms with Crippen LogP contribution in [0.15, 0.2) is 54.6 Å². The quantitative estimate of drug-likeness (QED) is 0.859. The molecule has 2 rings (SSSR count). The number of halogens is 1. The average molecular weight is 319 g/mol. The zero-order valence-corrected chi connectivity index (χ0v) is 13.8. The summed E-state index contributed by atoms with van der Waals surface area (Å²) >= 11 is 0. The Morgan fingerprint density at radius 2 is 1.59 bits per heavy atom. The number of carbonyl (C=O) groups excluding carboxylic acids is 1. The van der Waals surface area contributed by atoms with Crippen molar-refractivity contribution < 1.29 is 4.79 Å². The molecule has 2 N–H and O–H groups in total. The molecule has 0 saturated heterocycles. The Balaban J connectivity index is 0.00000242. The van der Waals surface area contributed by atoms with E-state index >= 15 is 0 Å². The summed E-state index contributed by atoms with van der Waals surface area (Å²) in [6.07, 6.45) is 0.422. The van der Waals surface area contributed by atoms with Crippen molar-refractivity contribution in [2.45, 2.75) is 19.4 Å². The summed E-state index contributed by atoms with van der Waals surface area (Å²) in [4.78, 5) is 11.8. The summed E-state index contributed by atoms with van der Waals surface area (Å²) in [7, 11) is 1.89. The molecular weight excluding hydrogens is 296 g/mol. The fourth-order valence-electron chi connectivity index (χ4n) is 2.06. The first-order valence-corrected chi connectivity index (χ1v) is 7.27. The van der Waals surface area contributed by atoms with Gasteiger partial charge in [0.2, 0.25) is 5.91 Å². The summed E-state index contributed by atoms with van der Waals surface area (Å²) in [6.45, 7) is 2.69. The van der Waals surface area contributed by atoms with Gasteiger partial charge < -0.3 is 10.6 Å². The molecule has 0 aliphatic heterocycles. The Morgan fingerprint density at radius 3 is 2.18 bits per heavy atom. The highest BCUT2D eigenvalue weighted by atomic mass is 35.5. The lowest BCUT2D eigenvalue weighted by Gasteiger charge is -2.11. The van der Waals surface area contributed by atoms with E-state index in [4.69, 9.17) is 0 Å². The highest BCUT2D eigenvalue weighted by Crippen LogP contribution is 2.19. The highest BCUT2D eigenvalue weighted by Gasteiger charge is 2.05. The minimum atomic E-state index is 0. The van der Waals surface area contributed by atoms with Gasteiger partial charge in [-0.2, -0.15) is 0 Å². The van der Waals surface area contributed by atoms with Crippen molar-refractivity contribution in [3.8, 4) is 11.1 Å². The first kappa shape index (κ1) is 18.2. The van der Waals surface area contributed by atoms with Crippen molar-refractivity contribution in [2.75, 3.05) is 13.6 Å². The van der Waals surface area contributed by atoms with Crippen LogP contribution in [0.2, 0.25) is 0 Å². The summed E-state index contributed by atoms with van der Waals surface area (Å²) in [5.74, 6) is 0.0598. The van der Waals surface area contributed by atoms with Crippen molar-refractivity contribution in [2.24, 2.45) is 0 Å². The van der Waals surface area contributed by atoms with E-state index < -0.39 is 0 Å². The number of amides is 1. The van der Waals surface area contributed by atoms with E-state index in [0.717, 1.165) is 5.56 Å². The maximum atomic E-state index is 11.8. The Labute approximate surface area is 138 Å². The van der Waals surface area contributed by atoms with E-state index in [2.05, 4.69) is 34.9 Å². The van der Waals surface area contributed by atoms with Gasteiger partial charge in [-0.15, -0.1) is 12.4 Å². The van der Waals surface area contributed by atoms with Crippen molar-refractivity contribution in [1.82, 2.24) is 10.6 Å². The van der Waals surface area contributed by atoms with Gasteiger partial charge in [-0.25, -0.2) is 0 Å². The van der Waals surface area contributed by atoms with Crippen LogP contribution in [0.5, 0.6) is 0 Å². The highest BCUT2D eigenvalue weighted by molar-refractivity contribution is 5.85. The van der Waals surface area contributed by atoms with E-state index in [9.17, 15) is 4.79 Å². The normalized spacial score (nSPS) is 11.4. The molecule has 0 fully saturated rings. The fraction of sp³-hybridized carbons (Fsp3) is 0.278. The lowest BCUT2D eigenvalue weighted by atomic mass is 10.0. The largest absolute Gasteiger partial charge is 0.354 e. The summed E-state index contributed by atoms with van der Waals surface area (Å²) < 4.78 is 0. The van der Waals surface area contributed by atoms with Gasteiger partial charge in [0, 0.05) is 12.6 Å². The van der Waals surface area contributed by atoms with Crippen LogP contribution in [0.4, 0.5) is 0 Å². The number of rotatable bonds is 6. The topological polar surface area (TPSA) is 41.1 Å². The molecule has 0 saturated carbocycles. The molecule has 2 aromatic carbocycles. The van der Waals surface area contributed by atoms with E-state index in [-0.39, 0.29) is 24.4 Å². The van der Waals surface area contributed by atoms with Crippen LogP contribution in [0.25, 0.3) is 11.1 Å². The molecule has 0 bridgehead atoms. The number of hydrogen-bond donors (Lipinski definition) is 2. The minimum Gasteiger partial charge on any atom is -0.354 e. The number of benzene rings is 2. The molecule has 1 unspecified atom stereocenters. The number of likely N-dealkylation sites (N-methyl/N-ethyl adjacent to an activating group) is 1. The molecule has 0 aliphatic carbocycles. The molecule has 0 spiro atoms. The van der Waals surface area contributed by atoms with Crippen molar-refractivity contribution in [3.05, 3.63) is 60.2 Å². The molecular formula is C18H23ClN2O. The maximum absolute atomic E-state index is 11.8. The van der Waals surface area contributed by atoms with Crippen molar-refractivity contribution in [1.29, 1.82) is 0 Å². The molecule has 0 radical (unpaired) electrons. The second-order valence-corrected chi connectivity index (χ2v) is 5.23. The summed E-state index contributed by atoms with van der Waals surface area (Å²) in [6, 6.07) is 18.7. The summed E-state index contributed by atoms with van der Waals surface area (Å²) in [5.41, 5.74) is 3.39. The Morgan fingerprint density at radius 1 is 1.00 bits per heavy atom. The molecule has 3 nitrogen and oxygen atoms in total. The second-order valence-electron chi connectivity index (χ2n) is 5.23. The monoisotopic (exact) mass is 318 g/mol. The van der Waals surface area contributed by atoms with Gasteiger partial charge in [0.05, 0.1) is 6.42 Å². The van der Waals surface area contributed by atoms with Crippen LogP contribution in [0.3, 0.4) is 0 Å². The fourth-order valence-corrected chi connectivity index (χ4v) is 2.06. The van der Waals surface area contributed by atoms with Gasteiger partial charge in [0.1, 0.15) is 0 Å². The third-order valence-corrected chi connectivity index (χ3v) is 3.52. The molecule has 0 aromatic heterocycles. The molecule has 118 valence electrons. The van der Waals surface area contributed by atoms with Crippen LogP contribution in [-0.2, 0) is 11.2 Å². The van der Waals surface area contributed by atoms with Gasteiger partial charge in [0.15, 0.2) is 0 Å². The molecule has 22 heavy (non-hydrogen) atoms. The van der Waals surface area contributed by atoms with Crippen molar-refractivity contribution >= 4 is 18.3 Å². The average Bonchev–Trinajstić information content (AvgIpc) is 2.54. The second kappa shape index (κ2) is 9.23. The molecule has 1 atom stereocenters. The number of hydrogen-bond acceptors (Lipinski definition) is 2. The first-order valence-electron chi connectivity index (χ1n) is 7.27. The van der Waals surface area contributed by atoms with E-state index in [0.29, 0.717) is 13.0 Å². The van der Waals surface area contributed by atoms with E-state index in [1.807, 2.05) is 44.3 Å². The molecule has 0 aliphatic rings. The predicted octanol–water partition coefficient (Wildman–Crippen LogP) is 3.04. The Bertz CT molecular complexity index is 569. The van der Waals surface area contributed by atoms with Crippen molar-refractivity contribution in [3.63, 3.8) is 0 Å². The molecule has 4 heteroatoms. The Kier molecular flexibility index (Phi) is 7.64. The standard InChI is InChI=1S/C18H22N2O.ClH/c1-14(19-2)13-20-18(21)12-15-8-10-17(11-9-15)16-6-4-3-5-7-16;/h3-11,14,19H,12-13H2,1-2H3,(H,20,21);1H. The van der Waals surface area contributed by atoms with Gasteiger partial charge in [-0.05, 0) is 30.7 Å². The minimum absolute atomic E-state index is 0. The molecule has 0 heterocycles. The van der Waals surface area contributed by atoms with Gasteiger partial charge in [0.25, 0.3) is 0 Å². The van der Waals surface area contributed by atoms with E-state index in [1.165, 1.54) is 11.1 Å². The van der Waals surface area contributed by atoms with Crippen LogP contribution in [-0.4, -0.2) is 25.5 Å². The predicted molar refractivity (Wildman–Crippen MR) is 94.4 cm³/mol. The number of nitrogens with one attached hydrogen (secondary N) is 2. The molecule has 2 aromatic rings. The Hall–Kier alpha value is -1.84. The SMILES string of the molecule is CNC(C)CNC(=O)Cc1ccc(-c2ccccc2)cc1.Cl. The van der Waals surface area contributed by atoms with E-state index in [1.54, 1.807) is 0 Å². The van der Waals surface area contributed by atoms with Gasteiger partial charge >= 0.3 is 0 Å². The van der Waals surface area contributed by atoms with Crippen LogP contribution in [0.1, 0.15) is 12.5 Å². The third-order valence-electron chi connectivity index (χ3n) is 3.52. The molecule has 1 amide bonds. The smallest absolute Gasteiger partial charge is 0.224 e.